The number of hydrogen-bond donors (Lipinski definition) is 0. The standard InChI is InChI=1S/C21H24ClN/c1-3-20-21(22)19(13-14-23-20)15(2)16-9-11-18(12-10-16)17-7-5-4-6-8-17/h4-9,13-15,18H,3,10-12H2,1-2H3. The van der Waals surface area contributed by atoms with Gasteiger partial charge < -0.3 is 0 Å². The van der Waals surface area contributed by atoms with Crippen molar-refractivity contribution in [3.05, 3.63) is 76.1 Å². The SMILES string of the molecule is CCc1nccc(C(C)C2=CCC(c3ccccc3)CC2)c1Cl. The second kappa shape index (κ2) is 7.31. The molecule has 1 aliphatic rings. The van der Waals surface area contributed by atoms with Crippen LogP contribution in [-0.4, -0.2) is 4.98 Å². The van der Waals surface area contributed by atoms with E-state index >= 15 is 0 Å². The van der Waals surface area contributed by atoms with Crippen molar-refractivity contribution in [1.29, 1.82) is 0 Å². The van der Waals surface area contributed by atoms with Crippen LogP contribution < -0.4 is 0 Å². The first-order valence-electron chi connectivity index (χ1n) is 8.57. The minimum absolute atomic E-state index is 0.382. The molecule has 0 bridgehead atoms. The van der Waals surface area contributed by atoms with Gasteiger partial charge in [-0.1, -0.05) is 67.4 Å². The van der Waals surface area contributed by atoms with Gasteiger partial charge >= 0.3 is 0 Å². The molecule has 1 heterocycles. The molecule has 0 amide bonds. The summed E-state index contributed by atoms with van der Waals surface area (Å²) in [5.74, 6) is 1.04. The summed E-state index contributed by atoms with van der Waals surface area (Å²) in [6, 6.07) is 12.9. The predicted octanol–water partition coefficient (Wildman–Crippen LogP) is 6.30. The van der Waals surface area contributed by atoms with E-state index in [1.54, 1.807) is 0 Å². The fourth-order valence-electron chi connectivity index (χ4n) is 3.56. The van der Waals surface area contributed by atoms with Crippen molar-refractivity contribution < 1.29 is 0 Å². The molecule has 2 heteroatoms. The smallest absolute Gasteiger partial charge is 0.0659 e. The molecule has 1 aromatic heterocycles. The molecular weight excluding hydrogens is 302 g/mol. The number of nitrogens with zero attached hydrogens (tertiary/aromatic N) is 1. The Hall–Kier alpha value is -1.60. The van der Waals surface area contributed by atoms with Crippen LogP contribution in [-0.2, 0) is 6.42 Å². The fourth-order valence-corrected chi connectivity index (χ4v) is 3.97. The summed E-state index contributed by atoms with van der Waals surface area (Å²) in [6.45, 7) is 4.38. The average Bonchev–Trinajstić information content (AvgIpc) is 2.62. The molecule has 2 unspecified atom stereocenters. The number of allylic oxidation sites excluding steroid dienone is 2. The molecule has 0 spiro atoms. The summed E-state index contributed by atoms with van der Waals surface area (Å²) < 4.78 is 0. The van der Waals surface area contributed by atoms with Gasteiger partial charge in [0, 0.05) is 12.1 Å². The Morgan fingerprint density at radius 1 is 1.22 bits per heavy atom. The van der Waals surface area contributed by atoms with Crippen molar-refractivity contribution in [2.45, 2.75) is 51.4 Å². The van der Waals surface area contributed by atoms with E-state index in [1.807, 2.05) is 6.20 Å². The highest BCUT2D eigenvalue weighted by molar-refractivity contribution is 6.32. The van der Waals surface area contributed by atoms with Crippen LogP contribution in [0, 0.1) is 0 Å². The second-order valence-electron chi connectivity index (χ2n) is 6.40. The third kappa shape index (κ3) is 3.50. The number of rotatable bonds is 4. The van der Waals surface area contributed by atoms with Crippen LogP contribution in [0.25, 0.3) is 0 Å². The number of aryl methyl sites for hydroxylation is 1. The van der Waals surface area contributed by atoms with Crippen LogP contribution in [0.4, 0.5) is 0 Å². The Labute approximate surface area is 144 Å². The molecule has 3 rings (SSSR count). The van der Waals surface area contributed by atoms with Gasteiger partial charge in [-0.15, -0.1) is 0 Å². The summed E-state index contributed by atoms with van der Waals surface area (Å²) in [5, 5.41) is 0.855. The number of aromatic nitrogens is 1. The van der Waals surface area contributed by atoms with Crippen LogP contribution in [0.5, 0.6) is 0 Å². The Kier molecular flexibility index (Phi) is 5.17. The zero-order chi connectivity index (χ0) is 16.2. The maximum atomic E-state index is 6.56. The van der Waals surface area contributed by atoms with Crippen molar-refractivity contribution >= 4 is 11.6 Å². The Morgan fingerprint density at radius 3 is 2.65 bits per heavy atom. The van der Waals surface area contributed by atoms with E-state index in [2.05, 4.69) is 61.3 Å². The van der Waals surface area contributed by atoms with E-state index < -0.39 is 0 Å². The molecule has 0 radical (unpaired) electrons. The molecule has 2 atom stereocenters. The topological polar surface area (TPSA) is 12.9 Å². The van der Waals surface area contributed by atoms with Gasteiger partial charge in [0.25, 0.3) is 0 Å². The van der Waals surface area contributed by atoms with Crippen molar-refractivity contribution in [2.24, 2.45) is 0 Å². The van der Waals surface area contributed by atoms with Gasteiger partial charge in [-0.2, -0.15) is 0 Å². The van der Waals surface area contributed by atoms with E-state index in [0.717, 1.165) is 30.0 Å². The van der Waals surface area contributed by atoms with E-state index in [9.17, 15) is 0 Å². The first-order chi connectivity index (χ1) is 11.2. The maximum absolute atomic E-state index is 6.56. The molecule has 0 fully saturated rings. The van der Waals surface area contributed by atoms with Crippen LogP contribution in [0.1, 0.15) is 61.8 Å². The van der Waals surface area contributed by atoms with Gasteiger partial charge in [0.2, 0.25) is 0 Å². The zero-order valence-corrected chi connectivity index (χ0v) is 14.7. The largest absolute Gasteiger partial charge is 0.260 e. The summed E-state index contributed by atoms with van der Waals surface area (Å²) in [6.07, 6.45) is 8.73. The molecule has 23 heavy (non-hydrogen) atoms. The lowest BCUT2D eigenvalue weighted by Crippen LogP contribution is -2.09. The highest BCUT2D eigenvalue weighted by Crippen LogP contribution is 2.39. The van der Waals surface area contributed by atoms with Crippen molar-refractivity contribution in [3.63, 3.8) is 0 Å². The normalized spacial score (nSPS) is 19.3. The lowest BCUT2D eigenvalue weighted by atomic mass is 9.79. The van der Waals surface area contributed by atoms with Gasteiger partial charge in [0.15, 0.2) is 0 Å². The van der Waals surface area contributed by atoms with Gasteiger partial charge in [-0.25, -0.2) is 0 Å². The number of hydrogen-bond acceptors (Lipinski definition) is 1. The molecule has 1 nitrogen and oxygen atoms in total. The van der Waals surface area contributed by atoms with Crippen molar-refractivity contribution in [2.75, 3.05) is 0 Å². The zero-order valence-electron chi connectivity index (χ0n) is 13.9. The first-order valence-corrected chi connectivity index (χ1v) is 8.95. The molecular formula is C21H24ClN. The molecule has 0 aliphatic heterocycles. The van der Waals surface area contributed by atoms with Crippen LogP contribution >= 0.6 is 11.6 Å². The maximum Gasteiger partial charge on any atom is 0.0659 e. The fraction of sp³-hybridized carbons (Fsp3) is 0.381. The first kappa shape index (κ1) is 16.3. The highest BCUT2D eigenvalue weighted by Gasteiger charge is 2.22. The highest BCUT2D eigenvalue weighted by atomic mass is 35.5. The summed E-state index contributed by atoms with van der Waals surface area (Å²) >= 11 is 6.56. The lowest BCUT2D eigenvalue weighted by Gasteiger charge is -2.26. The monoisotopic (exact) mass is 325 g/mol. The average molecular weight is 326 g/mol. The third-order valence-corrected chi connectivity index (χ3v) is 5.50. The quantitative estimate of drug-likeness (QED) is 0.601. The summed E-state index contributed by atoms with van der Waals surface area (Å²) in [5.41, 5.74) is 5.22. The minimum Gasteiger partial charge on any atom is -0.260 e. The van der Waals surface area contributed by atoms with Gasteiger partial charge in [-0.05, 0) is 48.8 Å². The van der Waals surface area contributed by atoms with Crippen molar-refractivity contribution in [1.82, 2.24) is 4.98 Å². The van der Waals surface area contributed by atoms with Crippen LogP contribution in [0.2, 0.25) is 5.02 Å². The molecule has 2 aromatic rings. The second-order valence-corrected chi connectivity index (χ2v) is 6.78. The van der Waals surface area contributed by atoms with E-state index in [4.69, 9.17) is 11.6 Å². The molecule has 120 valence electrons. The lowest BCUT2D eigenvalue weighted by molar-refractivity contribution is 0.577. The number of halogens is 1. The minimum atomic E-state index is 0.382. The molecule has 0 N–H and O–H groups in total. The van der Waals surface area contributed by atoms with E-state index in [-0.39, 0.29) is 0 Å². The third-order valence-electron chi connectivity index (χ3n) is 5.07. The van der Waals surface area contributed by atoms with Crippen LogP contribution in [0.15, 0.2) is 54.2 Å². The van der Waals surface area contributed by atoms with E-state index in [1.165, 1.54) is 23.1 Å². The number of pyridine rings is 1. The van der Waals surface area contributed by atoms with Gasteiger partial charge in [0.1, 0.15) is 0 Å². The molecule has 1 aromatic carbocycles. The summed E-state index contributed by atoms with van der Waals surface area (Å²) in [4.78, 5) is 4.39. The molecule has 0 saturated carbocycles. The molecule has 1 aliphatic carbocycles. The van der Waals surface area contributed by atoms with Crippen molar-refractivity contribution in [3.8, 4) is 0 Å². The molecule has 0 saturated heterocycles. The Balaban J connectivity index is 1.77. The van der Waals surface area contributed by atoms with E-state index in [0.29, 0.717) is 11.8 Å². The Bertz CT molecular complexity index is 690. The van der Waals surface area contributed by atoms with Gasteiger partial charge in [-0.3, -0.25) is 4.98 Å². The number of benzene rings is 1. The predicted molar refractivity (Wildman–Crippen MR) is 98.2 cm³/mol. The van der Waals surface area contributed by atoms with Crippen LogP contribution in [0.3, 0.4) is 0 Å². The summed E-state index contributed by atoms with van der Waals surface area (Å²) in [7, 11) is 0. The van der Waals surface area contributed by atoms with Gasteiger partial charge in [0.05, 0.1) is 10.7 Å². The Morgan fingerprint density at radius 2 is 2.00 bits per heavy atom.